The summed E-state index contributed by atoms with van der Waals surface area (Å²) >= 11 is 7.86. The zero-order valence-corrected chi connectivity index (χ0v) is 29.2. The standard InChI is InChI=1S/C36H42ClN7O3S/c1-5-17-43(18-15-24(3)6-2)21-26-9-11-27(12-10-26)42-32(45)22-48-35-33-25(4)41-36(46)44(34(33)39-23-40-35)28-13-14-31(30(37)19-28)47-29-8-7-16-38-20-29/h7-14,16,19-20,24,39H,4-6,15,17-18,21-23H2,1-3H3,(H,41,46)(H,42,45). The number of urea groups is 1. The predicted molar refractivity (Wildman–Crippen MR) is 196 cm³/mol. The number of amides is 3. The first-order valence-corrected chi connectivity index (χ1v) is 17.6. The number of hydrogen-bond acceptors (Lipinski definition) is 8. The summed E-state index contributed by atoms with van der Waals surface area (Å²) < 4.78 is 5.85. The number of halogens is 1. The maximum absolute atomic E-state index is 13.2. The highest BCUT2D eigenvalue weighted by Gasteiger charge is 2.35. The van der Waals surface area contributed by atoms with Gasteiger partial charge in [0.2, 0.25) is 5.91 Å². The second-order valence-corrected chi connectivity index (χ2v) is 13.2. The summed E-state index contributed by atoms with van der Waals surface area (Å²) in [7, 11) is 0. The van der Waals surface area contributed by atoms with Crippen LogP contribution in [0.1, 0.15) is 45.6 Å². The van der Waals surface area contributed by atoms with Crippen molar-refractivity contribution in [3.8, 4) is 11.5 Å². The maximum atomic E-state index is 13.2. The lowest BCUT2D eigenvalue weighted by atomic mass is 10.0. The van der Waals surface area contributed by atoms with Crippen LogP contribution in [0.4, 0.5) is 16.2 Å². The molecular formula is C36H42ClN7O3S. The van der Waals surface area contributed by atoms with Crippen molar-refractivity contribution in [2.24, 2.45) is 10.9 Å². The molecule has 48 heavy (non-hydrogen) atoms. The van der Waals surface area contributed by atoms with Crippen LogP contribution in [0, 0.1) is 5.92 Å². The highest BCUT2D eigenvalue weighted by atomic mass is 35.5. The zero-order chi connectivity index (χ0) is 34.0. The van der Waals surface area contributed by atoms with E-state index in [1.807, 2.05) is 12.1 Å². The number of carbonyl (C=O) groups is 2. The second-order valence-electron chi connectivity index (χ2n) is 11.8. The number of pyridine rings is 1. The van der Waals surface area contributed by atoms with Crippen molar-refractivity contribution in [1.29, 1.82) is 0 Å². The highest BCUT2D eigenvalue weighted by molar-refractivity contribution is 8.15. The van der Waals surface area contributed by atoms with Crippen LogP contribution in [-0.2, 0) is 11.3 Å². The molecule has 0 saturated carbocycles. The third kappa shape index (κ3) is 8.97. The number of carbonyl (C=O) groups excluding carboxylic acids is 2. The van der Waals surface area contributed by atoms with E-state index in [4.69, 9.17) is 16.3 Å². The lowest BCUT2D eigenvalue weighted by Gasteiger charge is -2.36. The third-order valence-electron chi connectivity index (χ3n) is 8.10. The fourth-order valence-electron chi connectivity index (χ4n) is 5.35. The Morgan fingerprint density at radius 1 is 1.19 bits per heavy atom. The van der Waals surface area contributed by atoms with E-state index < -0.39 is 6.03 Å². The molecule has 1 aromatic heterocycles. The van der Waals surface area contributed by atoms with Crippen molar-refractivity contribution in [2.45, 2.75) is 46.6 Å². The van der Waals surface area contributed by atoms with Crippen LogP contribution in [0.25, 0.3) is 0 Å². The Hall–Kier alpha value is -4.32. The summed E-state index contributed by atoms with van der Waals surface area (Å²) in [5.74, 6) is 2.17. The quantitative estimate of drug-likeness (QED) is 0.159. The number of allylic oxidation sites excluding steroid dienone is 1. The molecule has 0 radical (unpaired) electrons. The Labute approximate surface area is 291 Å². The molecule has 3 N–H and O–H groups in total. The molecule has 0 spiro atoms. The number of benzene rings is 2. The third-order valence-corrected chi connectivity index (χ3v) is 9.41. The molecule has 252 valence electrons. The van der Waals surface area contributed by atoms with E-state index in [9.17, 15) is 9.59 Å². The monoisotopic (exact) mass is 687 g/mol. The lowest BCUT2D eigenvalue weighted by Crippen LogP contribution is -2.50. The van der Waals surface area contributed by atoms with Crippen LogP contribution < -0.4 is 25.6 Å². The number of ether oxygens (including phenoxy) is 1. The fraction of sp³-hybridized carbons (Fsp3) is 0.333. The first kappa shape index (κ1) is 35.0. The largest absolute Gasteiger partial charge is 0.454 e. The first-order valence-electron chi connectivity index (χ1n) is 16.2. The molecular weight excluding hydrogens is 646 g/mol. The van der Waals surface area contributed by atoms with Gasteiger partial charge in [-0.05, 0) is 79.9 Å². The fourth-order valence-corrected chi connectivity index (χ4v) is 6.43. The highest BCUT2D eigenvalue weighted by Crippen LogP contribution is 2.36. The normalized spacial score (nSPS) is 15.0. The van der Waals surface area contributed by atoms with Gasteiger partial charge in [-0.25, -0.2) is 9.69 Å². The summed E-state index contributed by atoms with van der Waals surface area (Å²) in [6.07, 6.45) is 6.76. The summed E-state index contributed by atoms with van der Waals surface area (Å²) in [4.78, 5) is 38.8. The molecule has 2 aliphatic heterocycles. The van der Waals surface area contributed by atoms with Crippen molar-refractivity contribution in [2.75, 3.05) is 35.7 Å². The van der Waals surface area contributed by atoms with Crippen LogP contribution in [0.3, 0.4) is 0 Å². The number of anilines is 2. The van der Waals surface area contributed by atoms with Crippen LogP contribution >= 0.6 is 23.4 Å². The smallest absolute Gasteiger partial charge is 0.332 e. The maximum Gasteiger partial charge on any atom is 0.332 e. The van der Waals surface area contributed by atoms with E-state index in [0.717, 1.165) is 37.7 Å². The van der Waals surface area contributed by atoms with Crippen molar-refractivity contribution in [1.82, 2.24) is 20.5 Å². The van der Waals surface area contributed by atoms with E-state index >= 15 is 0 Å². The summed E-state index contributed by atoms with van der Waals surface area (Å²) in [6, 6.07) is 16.3. The van der Waals surface area contributed by atoms with Gasteiger partial charge in [0.15, 0.2) is 0 Å². The van der Waals surface area contributed by atoms with E-state index in [1.54, 1.807) is 42.7 Å². The molecule has 0 bridgehead atoms. The van der Waals surface area contributed by atoms with Crippen LogP contribution in [0.5, 0.6) is 11.5 Å². The molecule has 1 unspecified atom stereocenters. The lowest BCUT2D eigenvalue weighted by molar-refractivity contribution is -0.113. The van der Waals surface area contributed by atoms with Crippen molar-refractivity contribution < 1.29 is 14.3 Å². The molecule has 12 heteroatoms. The van der Waals surface area contributed by atoms with Crippen LogP contribution in [0.15, 0.2) is 95.7 Å². The Kier molecular flexibility index (Phi) is 12.2. The molecule has 3 heterocycles. The van der Waals surface area contributed by atoms with Crippen LogP contribution in [-0.4, -0.2) is 52.4 Å². The summed E-state index contributed by atoms with van der Waals surface area (Å²) in [5, 5.41) is 9.93. The number of aliphatic imine (C=N–C) groups is 1. The minimum absolute atomic E-state index is 0.130. The molecule has 2 aromatic carbocycles. The average Bonchev–Trinajstić information content (AvgIpc) is 3.08. The number of nitrogens with zero attached hydrogens (tertiary/aromatic N) is 4. The van der Waals surface area contributed by atoms with Gasteiger partial charge in [0.1, 0.15) is 29.0 Å². The first-order chi connectivity index (χ1) is 23.2. The van der Waals surface area contributed by atoms with E-state index in [-0.39, 0.29) is 18.3 Å². The van der Waals surface area contributed by atoms with Crippen molar-refractivity contribution in [3.63, 3.8) is 0 Å². The molecule has 5 rings (SSSR count). The van der Waals surface area contributed by atoms with E-state index in [2.05, 4.69) is 70.3 Å². The molecule has 3 amide bonds. The Morgan fingerprint density at radius 3 is 2.71 bits per heavy atom. The minimum Gasteiger partial charge on any atom is -0.454 e. The van der Waals surface area contributed by atoms with Gasteiger partial charge in [-0.2, -0.15) is 0 Å². The predicted octanol–water partition coefficient (Wildman–Crippen LogP) is 7.76. The summed E-state index contributed by atoms with van der Waals surface area (Å²) in [6.45, 7) is 14.1. The van der Waals surface area contributed by atoms with Gasteiger partial charge < -0.3 is 20.7 Å². The van der Waals surface area contributed by atoms with Gasteiger partial charge in [0.25, 0.3) is 0 Å². The molecule has 0 saturated heterocycles. The minimum atomic E-state index is -0.399. The van der Waals surface area contributed by atoms with E-state index in [0.29, 0.717) is 44.3 Å². The van der Waals surface area contributed by atoms with Gasteiger partial charge in [0, 0.05) is 24.1 Å². The molecule has 0 aliphatic carbocycles. The number of thioether (sulfide) groups is 1. The molecule has 0 fully saturated rings. The van der Waals surface area contributed by atoms with Crippen molar-refractivity contribution in [3.05, 3.63) is 101 Å². The second kappa shape index (κ2) is 16.7. The van der Waals surface area contributed by atoms with Gasteiger partial charge >= 0.3 is 6.03 Å². The number of aromatic nitrogens is 1. The van der Waals surface area contributed by atoms with Gasteiger partial charge in [-0.3, -0.25) is 19.7 Å². The van der Waals surface area contributed by atoms with Crippen molar-refractivity contribution >= 4 is 51.7 Å². The van der Waals surface area contributed by atoms with Crippen LogP contribution in [0.2, 0.25) is 5.02 Å². The summed E-state index contributed by atoms with van der Waals surface area (Å²) in [5.41, 5.74) is 3.49. The topological polar surface area (TPSA) is 111 Å². The number of hydrogen-bond donors (Lipinski definition) is 3. The molecule has 1 atom stereocenters. The van der Waals surface area contributed by atoms with Gasteiger partial charge in [0.05, 0.1) is 28.2 Å². The van der Waals surface area contributed by atoms with E-state index in [1.165, 1.54) is 35.1 Å². The molecule has 3 aromatic rings. The van der Waals surface area contributed by atoms with Gasteiger partial charge in [-0.15, -0.1) is 0 Å². The number of nitrogens with one attached hydrogen (secondary N) is 3. The molecule has 2 aliphatic rings. The Balaban J connectivity index is 1.21. The number of rotatable bonds is 14. The average molecular weight is 688 g/mol. The SMILES string of the molecule is C=C1NC(=O)N(c2ccc(Oc3cccnc3)c(Cl)c2)C2=C1C(SCC(=O)Nc1ccc(CN(CCC)CCC(C)CC)cc1)=NCN2. The zero-order valence-electron chi connectivity index (χ0n) is 27.6. The van der Waals surface area contributed by atoms with Gasteiger partial charge in [-0.1, -0.05) is 69.3 Å². The Bertz CT molecular complexity index is 1680. The molecule has 10 nitrogen and oxygen atoms in total. The Morgan fingerprint density at radius 2 is 2.00 bits per heavy atom.